The monoisotopic (exact) mass is 541 g/mol. The zero-order valence-corrected chi connectivity index (χ0v) is 22.4. The Kier molecular flexibility index (Phi) is 10.9. The first-order chi connectivity index (χ1) is 18.0. The topological polar surface area (TPSA) is 144 Å². The maximum Gasteiger partial charge on any atom is 0.410 e. The molecule has 1 atom stereocenters. The fourth-order valence-corrected chi connectivity index (χ4v) is 3.42. The van der Waals surface area contributed by atoms with E-state index in [-0.39, 0.29) is 33.1 Å². The minimum atomic E-state index is -1.13. The molecule has 0 saturated carbocycles. The number of hydrogen-bond acceptors (Lipinski definition) is 8. The summed E-state index contributed by atoms with van der Waals surface area (Å²) < 4.78 is 13.1. The number of aromatic nitrogens is 3. The van der Waals surface area contributed by atoms with Crippen molar-refractivity contribution in [2.45, 2.75) is 46.1 Å². The van der Waals surface area contributed by atoms with Gasteiger partial charge in [-0.15, -0.1) is 10.2 Å². The lowest BCUT2D eigenvalue weighted by Gasteiger charge is -2.24. The quantitative estimate of drug-likeness (QED) is 0.376. The number of benzene rings is 1. The molecule has 12 heteroatoms. The SMILES string of the molecule is C.CN(C)C(=O)CN(C)C(=O)OCc1cccc2nnc([C@@H](COCc3ccccc3)NC(=O)C(C)(C)N)n12. The molecule has 12 nitrogen and oxygen atoms in total. The van der Waals surface area contributed by atoms with Gasteiger partial charge in [0.2, 0.25) is 11.8 Å². The first-order valence-electron chi connectivity index (χ1n) is 12.1. The molecule has 1 aromatic carbocycles. The van der Waals surface area contributed by atoms with Crippen LogP contribution in [0.5, 0.6) is 0 Å². The van der Waals surface area contributed by atoms with Crippen LogP contribution in [0.1, 0.15) is 44.4 Å². The Morgan fingerprint density at radius 3 is 2.36 bits per heavy atom. The third-order valence-corrected chi connectivity index (χ3v) is 5.66. The van der Waals surface area contributed by atoms with Crippen molar-refractivity contribution in [1.29, 1.82) is 0 Å². The summed E-state index contributed by atoms with van der Waals surface area (Å²) in [6.07, 6.45) is -0.659. The standard InChI is InChI=1S/C26H35N7O5.CH4/c1-26(2,27)24(35)28-20(17-37-15-18-10-7-6-8-11-18)23-30-29-21-13-9-12-19(33(21)23)16-38-25(36)32(5)14-22(34)31(3)4;/h6-13,20H,14-17,27H2,1-5H3,(H,28,35);1H4/t20-;/m1./s1. The second kappa shape index (κ2) is 13.7. The summed E-state index contributed by atoms with van der Waals surface area (Å²) in [5.74, 6) is -0.225. The normalized spacial score (nSPS) is 11.8. The van der Waals surface area contributed by atoms with Crippen LogP contribution in [0.15, 0.2) is 48.5 Å². The van der Waals surface area contributed by atoms with Crippen molar-refractivity contribution >= 4 is 23.6 Å². The number of likely N-dealkylation sites (N-methyl/N-ethyl adjacent to an activating group) is 2. The Morgan fingerprint density at radius 2 is 1.72 bits per heavy atom. The van der Waals surface area contributed by atoms with Crippen molar-refractivity contribution in [1.82, 2.24) is 29.7 Å². The van der Waals surface area contributed by atoms with E-state index in [9.17, 15) is 14.4 Å². The summed E-state index contributed by atoms with van der Waals surface area (Å²) in [6.45, 7) is 3.41. The van der Waals surface area contributed by atoms with Gasteiger partial charge in [-0.25, -0.2) is 4.79 Å². The molecule has 2 aromatic heterocycles. The molecule has 3 amide bonds. The van der Waals surface area contributed by atoms with Crippen LogP contribution >= 0.6 is 0 Å². The molecule has 0 saturated heterocycles. The Hall–Kier alpha value is -4.03. The summed E-state index contributed by atoms with van der Waals surface area (Å²) in [6, 6.07) is 14.2. The van der Waals surface area contributed by atoms with Crippen molar-refractivity contribution in [3.8, 4) is 0 Å². The predicted molar refractivity (Wildman–Crippen MR) is 146 cm³/mol. The molecule has 0 bridgehead atoms. The third-order valence-electron chi connectivity index (χ3n) is 5.66. The number of hydrogen-bond donors (Lipinski definition) is 2. The minimum Gasteiger partial charge on any atom is -0.443 e. The lowest BCUT2D eigenvalue weighted by Crippen LogP contribution is -2.51. The van der Waals surface area contributed by atoms with Gasteiger partial charge in [0.15, 0.2) is 11.5 Å². The molecule has 0 aliphatic heterocycles. The molecular weight excluding hydrogens is 502 g/mol. The van der Waals surface area contributed by atoms with Crippen LogP contribution in [0.3, 0.4) is 0 Å². The van der Waals surface area contributed by atoms with Gasteiger partial charge in [-0.05, 0) is 31.5 Å². The molecule has 2 heterocycles. The molecule has 3 rings (SSSR count). The molecule has 0 fully saturated rings. The second-order valence-electron chi connectivity index (χ2n) is 9.72. The summed E-state index contributed by atoms with van der Waals surface area (Å²) >= 11 is 0. The summed E-state index contributed by atoms with van der Waals surface area (Å²) in [7, 11) is 4.71. The summed E-state index contributed by atoms with van der Waals surface area (Å²) in [5.41, 5.74) is 6.93. The van der Waals surface area contributed by atoms with Gasteiger partial charge in [0, 0.05) is 21.1 Å². The van der Waals surface area contributed by atoms with Gasteiger partial charge in [0.1, 0.15) is 19.2 Å². The molecular formula is C27H39N7O5. The maximum atomic E-state index is 12.8. The number of nitrogens with zero attached hydrogens (tertiary/aromatic N) is 5. The molecule has 0 aliphatic carbocycles. The Labute approximate surface area is 229 Å². The van der Waals surface area contributed by atoms with Crippen molar-refractivity contribution in [3.63, 3.8) is 0 Å². The Balaban J connectivity index is 0.00000533. The van der Waals surface area contributed by atoms with Crippen LogP contribution in [-0.2, 0) is 32.3 Å². The average Bonchev–Trinajstić information content (AvgIpc) is 3.31. The van der Waals surface area contributed by atoms with Crippen molar-refractivity contribution in [2.24, 2.45) is 5.73 Å². The van der Waals surface area contributed by atoms with Crippen molar-refractivity contribution in [3.05, 3.63) is 65.6 Å². The van der Waals surface area contributed by atoms with Gasteiger partial charge >= 0.3 is 6.09 Å². The average molecular weight is 542 g/mol. The summed E-state index contributed by atoms with van der Waals surface area (Å²) in [5, 5.41) is 11.5. The van der Waals surface area contributed by atoms with Crippen LogP contribution in [-0.4, -0.2) is 82.1 Å². The van der Waals surface area contributed by atoms with Crippen LogP contribution in [0.4, 0.5) is 4.79 Å². The van der Waals surface area contributed by atoms with Gasteiger partial charge in [0.05, 0.1) is 24.4 Å². The number of amides is 3. The minimum absolute atomic E-state index is 0. The van der Waals surface area contributed by atoms with Crippen LogP contribution in [0, 0.1) is 0 Å². The number of carbonyl (C=O) groups excluding carboxylic acids is 3. The van der Waals surface area contributed by atoms with Gasteiger partial charge in [0.25, 0.3) is 0 Å². The molecule has 0 aliphatic rings. The largest absolute Gasteiger partial charge is 0.443 e. The van der Waals surface area contributed by atoms with Gasteiger partial charge in [-0.2, -0.15) is 0 Å². The number of nitrogens with two attached hydrogens (primary N) is 1. The Morgan fingerprint density at radius 1 is 1.03 bits per heavy atom. The number of carbonyl (C=O) groups is 3. The highest BCUT2D eigenvalue weighted by molar-refractivity contribution is 5.85. The highest BCUT2D eigenvalue weighted by Gasteiger charge is 2.28. The van der Waals surface area contributed by atoms with E-state index in [1.54, 1.807) is 50.5 Å². The van der Waals surface area contributed by atoms with Crippen LogP contribution in [0.2, 0.25) is 0 Å². The zero-order chi connectivity index (χ0) is 27.9. The molecule has 0 radical (unpaired) electrons. The van der Waals surface area contributed by atoms with Gasteiger partial charge in [-0.1, -0.05) is 43.8 Å². The number of pyridine rings is 1. The lowest BCUT2D eigenvalue weighted by atomic mass is 10.1. The van der Waals surface area contributed by atoms with Crippen LogP contribution in [0.25, 0.3) is 5.65 Å². The van der Waals surface area contributed by atoms with Gasteiger partial charge < -0.3 is 30.3 Å². The van der Waals surface area contributed by atoms with E-state index in [0.29, 0.717) is 23.8 Å². The fraction of sp³-hybridized carbons (Fsp3) is 0.444. The zero-order valence-electron chi connectivity index (χ0n) is 22.4. The predicted octanol–water partition coefficient (Wildman–Crippen LogP) is 2.13. The Bertz CT molecular complexity index is 1250. The molecule has 39 heavy (non-hydrogen) atoms. The molecule has 3 aromatic rings. The maximum absolute atomic E-state index is 12.8. The van der Waals surface area contributed by atoms with E-state index in [1.165, 1.54) is 16.8 Å². The number of ether oxygens (including phenoxy) is 2. The van der Waals surface area contributed by atoms with E-state index in [1.807, 2.05) is 30.3 Å². The molecule has 0 spiro atoms. The molecule has 0 unspecified atom stereocenters. The van der Waals surface area contributed by atoms with Crippen molar-refractivity contribution < 1.29 is 23.9 Å². The van der Waals surface area contributed by atoms with Gasteiger partial charge in [-0.3, -0.25) is 14.0 Å². The number of nitrogens with one attached hydrogen (secondary N) is 1. The summed E-state index contributed by atoms with van der Waals surface area (Å²) in [4.78, 5) is 39.8. The first-order valence-corrected chi connectivity index (χ1v) is 12.1. The molecule has 212 valence electrons. The number of fused-ring (bicyclic) bond motifs is 1. The molecule has 3 N–H and O–H groups in total. The van der Waals surface area contributed by atoms with E-state index < -0.39 is 23.6 Å². The fourth-order valence-electron chi connectivity index (χ4n) is 3.42. The lowest BCUT2D eigenvalue weighted by molar-refractivity contribution is -0.129. The van der Waals surface area contributed by atoms with E-state index >= 15 is 0 Å². The highest BCUT2D eigenvalue weighted by atomic mass is 16.6. The smallest absolute Gasteiger partial charge is 0.410 e. The number of rotatable bonds is 11. The van der Waals surface area contributed by atoms with E-state index in [0.717, 1.165) is 5.56 Å². The van der Waals surface area contributed by atoms with E-state index in [2.05, 4.69) is 15.5 Å². The first kappa shape index (κ1) is 31.2. The van der Waals surface area contributed by atoms with Crippen LogP contribution < -0.4 is 11.1 Å². The van der Waals surface area contributed by atoms with E-state index in [4.69, 9.17) is 15.2 Å². The van der Waals surface area contributed by atoms with Crippen molar-refractivity contribution in [2.75, 3.05) is 34.3 Å². The second-order valence-corrected chi connectivity index (χ2v) is 9.72. The highest BCUT2D eigenvalue weighted by Crippen LogP contribution is 2.19. The third kappa shape index (κ3) is 8.48.